The summed E-state index contributed by atoms with van der Waals surface area (Å²) in [6, 6.07) is 11.8. The van der Waals surface area contributed by atoms with Crippen LogP contribution in [0.4, 0.5) is 18.9 Å². The summed E-state index contributed by atoms with van der Waals surface area (Å²) in [6.07, 6.45) is -3.62. The van der Waals surface area contributed by atoms with Gasteiger partial charge in [-0.1, -0.05) is 24.3 Å². The minimum absolute atomic E-state index is 0.0321. The van der Waals surface area contributed by atoms with Crippen LogP contribution in [0.3, 0.4) is 0 Å². The lowest BCUT2D eigenvalue weighted by Crippen LogP contribution is -2.43. The van der Waals surface area contributed by atoms with Crippen LogP contribution in [0, 0.1) is 11.3 Å². The molecule has 1 amide bonds. The molecule has 0 aromatic heterocycles. The molecule has 7 heteroatoms. The molecular weight excluding hydrogens is 355 g/mol. The molecule has 0 radical (unpaired) electrons. The number of amides is 1. The predicted molar refractivity (Wildman–Crippen MR) is 98.0 cm³/mol. The SMILES string of the molecule is N=C(CC(=O)Nc1ccc(CC2CNC2)cc1)c1ccc(C(F)(F)F)cc1. The summed E-state index contributed by atoms with van der Waals surface area (Å²) in [6.45, 7) is 2.06. The number of benzene rings is 2. The van der Waals surface area contributed by atoms with Crippen LogP contribution in [0.5, 0.6) is 0 Å². The Morgan fingerprint density at radius 1 is 1.07 bits per heavy atom. The lowest BCUT2D eigenvalue weighted by atomic mass is 9.94. The number of alkyl halides is 3. The fraction of sp³-hybridized carbons (Fsp3) is 0.300. The van der Waals surface area contributed by atoms with E-state index in [2.05, 4.69) is 10.6 Å². The van der Waals surface area contributed by atoms with E-state index in [1.165, 1.54) is 17.7 Å². The average Bonchev–Trinajstić information content (AvgIpc) is 2.59. The van der Waals surface area contributed by atoms with E-state index in [0.29, 0.717) is 17.2 Å². The van der Waals surface area contributed by atoms with Crippen LogP contribution in [0.1, 0.15) is 23.1 Å². The second-order valence-corrected chi connectivity index (χ2v) is 6.70. The molecule has 0 saturated carbocycles. The van der Waals surface area contributed by atoms with E-state index < -0.39 is 11.7 Å². The Balaban J connectivity index is 1.53. The van der Waals surface area contributed by atoms with Gasteiger partial charge in [-0.15, -0.1) is 0 Å². The molecule has 2 aromatic rings. The fourth-order valence-corrected chi connectivity index (χ4v) is 2.88. The molecule has 0 atom stereocenters. The summed E-state index contributed by atoms with van der Waals surface area (Å²) >= 11 is 0. The van der Waals surface area contributed by atoms with Crippen molar-refractivity contribution >= 4 is 17.3 Å². The zero-order chi connectivity index (χ0) is 19.4. The first kappa shape index (κ1) is 19.1. The van der Waals surface area contributed by atoms with Gasteiger partial charge >= 0.3 is 6.18 Å². The van der Waals surface area contributed by atoms with Crippen molar-refractivity contribution in [2.75, 3.05) is 18.4 Å². The number of anilines is 1. The van der Waals surface area contributed by atoms with E-state index in [-0.39, 0.29) is 18.0 Å². The topological polar surface area (TPSA) is 65.0 Å². The quantitative estimate of drug-likeness (QED) is 0.671. The van der Waals surface area contributed by atoms with Gasteiger partial charge in [0.05, 0.1) is 12.0 Å². The molecule has 3 N–H and O–H groups in total. The maximum absolute atomic E-state index is 12.6. The minimum atomic E-state index is -4.42. The van der Waals surface area contributed by atoms with Gasteiger partial charge in [-0.25, -0.2) is 0 Å². The first-order valence-corrected chi connectivity index (χ1v) is 8.66. The second-order valence-electron chi connectivity index (χ2n) is 6.70. The van der Waals surface area contributed by atoms with Gasteiger partial charge in [-0.05, 0) is 60.8 Å². The van der Waals surface area contributed by atoms with Crippen molar-refractivity contribution in [3.8, 4) is 0 Å². The molecule has 0 spiro atoms. The standard InChI is InChI=1S/C20H20F3N3O/c21-20(22,23)16-5-3-15(4-6-16)18(24)10-19(27)26-17-7-1-13(2-8-17)9-14-11-25-12-14/h1-8,14,24-25H,9-12H2,(H,26,27). The largest absolute Gasteiger partial charge is 0.416 e. The summed E-state index contributed by atoms with van der Waals surface area (Å²) in [5.74, 6) is 0.283. The Bertz CT molecular complexity index is 810. The summed E-state index contributed by atoms with van der Waals surface area (Å²) < 4.78 is 37.7. The minimum Gasteiger partial charge on any atom is -0.326 e. The highest BCUT2D eigenvalue weighted by Gasteiger charge is 2.30. The van der Waals surface area contributed by atoms with E-state index in [0.717, 1.165) is 31.6 Å². The highest BCUT2D eigenvalue weighted by Crippen LogP contribution is 2.29. The number of hydrogen-bond acceptors (Lipinski definition) is 3. The van der Waals surface area contributed by atoms with Crippen molar-refractivity contribution in [1.82, 2.24) is 5.32 Å². The van der Waals surface area contributed by atoms with E-state index in [1.54, 1.807) is 0 Å². The molecule has 0 aliphatic carbocycles. The number of nitrogens with one attached hydrogen (secondary N) is 3. The van der Waals surface area contributed by atoms with E-state index in [1.807, 2.05) is 24.3 Å². The number of hydrogen-bond donors (Lipinski definition) is 3. The molecule has 1 heterocycles. The Hall–Kier alpha value is -2.67. The predicted octanol–water partition coefficient (Wildman–Crippen LogP) is 3.86. The van der Waals surface area contributed by atoms with Crippen molar-refractivity contribution in [2.24, 2.45) is 5.92 Å². The summed E-state index contributed by atoms with van der Waals surface area (Å²) in [5.41, 5.74) is 1.33. The molecule has 0 bridgehead atoms. The van der Waals surface area contributed by atoms with Crippen LogP contribution >= 0.6 is 0 Å². The number of carbonyl (C=O) groups excluding carboxylic acids is 1. The second kappa shape index (κ2) is 7.92. The number of rotatable bonds is 6. The van der Waals surface area contributed by atoms with Gasteiger partial charge in [0.15, 0.2) is 0 Å². The Morgan fingerprint density at radius 3 is 2.22 bits per heavy atom. The smallest absolute Gasteiger partial charge is 0.326 e. The van der Waals surface area contributed by atoms with Crippen LogP contribution in [0.15, 0.2) is 48.5 Å². The van der Waals surface area contributed by atoms with Crippen LogP contribution in [0.2, 0.25) is 0 Å². The van der Waals surface area contributed by atoms with Crippen LogP contribution in [0.25, 0.3) is 0 Å². The van der Waals surface area contributed by atoms with Crippen LogP contribution < -0.4 is 10.6 Å². The van der Waals surface area contributed by atoms with Gasteiger partial charge in [0.1, 0.15) is 0 Å². The first-order valence-electron chi connectivity index (χ1n) is 8.66. The molecule has 27 heavy (non-hydrogen) atoms. The molecule has 3 rings (SSSR count). The molecule has 2 aromatic carbocycles. The van der Waals surface area contributed by atoms with Crippen molar-refractivity contribution in [2.45, 2.75) is 19.0 Å². The molecule has 0 unspecified atom stereocenters. The number of carbonyl (C=O) groups is 1. The van der Waals surface area contributed by atoms with Gasteiger partial charge in [-0.2, -0.15) is 13.2 Å². The normalized spacial score (nSPS) is 14.5. The van der Waals surface area contributed by atoms with Gasteiger partial charge < -0.3 is 16.0 Å². The van der Waals surface area contributed by atoms with Gasteiger partial charge in [0.2, 0.25) is 5.91 Å². The Kier molecular flexibility index (Phi) is 5.60. The van der Waals surface area contributed by atoms with E-state index in [9.17, 15) is 18.0 Å². The highest BCUT2D eigenvalue weighted by atomic mass is 19.4. The van der Waals surface area contributed by atoms with Gasteiger partial charge in [0.25, 0.3) is 0 Å². The molecule has 1 fully saturated rings. The van der Waals surface area contributed by atoms with Crippen LogP contribution in [-0.4, -0.2) is 24.7 Å². The summed E-state index contributed by atoms with van der Waals surface area (Å²) in [5, 5.41) is 13.9. The molecule has 1 saturated heterocycles. The fourth-order valence-electron chi connectivity index (χ4n) is 2.88. The molecule has 142 valence electrons. The van der Waals surface area contributed by atoms with Gasteiger partial charge in [0, 0.05) is 11.4 Å². The average molecular weight is 375 g/mol. The summed E-state index contributed by atoms with van der Waals surface area (Å²) in [4.78, 5) is 12.1. The third-order valence-electron chi connectivity index (χ3n) is 4.53. The van der Waals surface area contributed by atoms with Gasteiger partial charge in [-0.3, -0.25) is 4.79 Å². The maximum atomic E-state index is 12.6. The lowest BCUT2D eigenvalue weighted by Gasteiger charge is -2.27. The van der Waals surface area contributed by atoms with Crippen molar-refractivity contribution < 1.29 is 18.0 Å². The third-order valence-corrected chi connectivity index (χ3v) is 4.53. The number of halogens is 3. The molecule has 1 aliphatic heterocycles. The highest BCUT2D eigenvalue weighted by molar-refractivity contribution is 6.12. The van der Waals surface area contributed by atoms with Crippen molar-refractivity contribution in [1.29, 1.82) is 5.41 Å². The lowest BCUT2D eigenvalue weighted by molar-refractivity contribution is -0.137. The third kappa shape index (κ3) is 5.17. The molecular formula is C20H20F3N3O. The van der Waals surface area contributed by atoms with E-state index in [4.69, 9.17) is 5.41 Å². The maximum Gasteiger partial charge on any atom is 0.416 e. The molecule has 1 aliphatic rings. The molecule has 4 nitrogen and oxygen atoms in total. The Morgan fingerprint density at radius 2 is 1.70 bits per heavy atom. The Labute approximate surface area is 155 Å². The van der Waals surface area contributed by atoms with Crippen LogP contribution in [-0.2, 0) is 17.4 Å². The monoisotopic (exact) mass is 375 g/mol. The zero-order valence-corrected chi connectivity index (χ0v) is 14.6. The summed E-state index contributed by atoms with van der Waals surface area (Å²) in [7, 11) is 0. The van der Waals surface area contributed by atoms with Crippen molar-refractivity contribution in [3.63, 3.8) is 0 Å². The van der Waals surface area contributed by atoms with Crippen molar-refractivity contribution in [3.05, 3.63) is 65.2 Å². The van der Waals surface area contributed by atoms with E-state index >= 15 is 0 Å². The first-order chi connectivity index (χ1) is 12.8. The zero-order valence-electron chi connectivity index (χ0n) is 14.6.